The van der Waals surface area contributed by atoms with Crippen molar-refractivity contribution in [1.82, 2.24) is 15.5 Å². The number of nitrogens with zero attached hydrogens (tertiary/aromatic N) is 2. The second kappa shape index (κ2) is 12.4. The van der Waals surface area contributed by atoms with Gasteiger partial charge in [0.05, 0.1) is 18.1 Å². The van der Waals surface area contributed by atoms with Crippen molar-refractivity contribution < 1.29 is 9.53 Å². The summed E-state index contributed by atoms with van der Waals surface area (Å²) in [6.07, 6.45) is 2.66. The lowest BCUT2D eigenvalue weighted by atomic mass is 9.93. The minimum Gasteiger partial charge on any atom is -0.496 e. The molecule has 0 saturated carbocycles. The highest BCUT2D eigenvalue weighted by atomic mass is 127. The maximum Gasteiger partial charge on any atom is 0.220 e. The van der Waals surface area contributed by atoms with E-state index in [0.29, 0.717) is 18.9 Å². The molecular weight excluding hydrogens is 523 g/mol. The van der Waals surface area contributed by atoms with Crippen molar-refractivity contribution in [2.24, 2.45) is 10.9 Å². The molecule has 0 bridgehead atoms. The Morgan fingerprint density at radius 2 is 2.07 bits per heavy atom. The van der Waals surface area contributed by atoms with Crippen LogP contribution in [0.15, 0.2) is 27.7 Å². The highest BCUT2D eigenvalue weighted by molar-refractivity contribution is 14.0. The van der Waals surface area contributed by atoms with Crippen LogP contribution in [0.4, 0.5) is 0 Å². The Balaban J connectivity index is 0.00000364. The summed E-state index contributed by atoms with van der Waals surface area (Å²) in [5.41, 5.74) is 1.13. The summed E-state index contributed by atoms with van der Waals surface area (Å²) in [6, 6.07) is 6.03. The van der Waals surface area contributed by atoms with Crippen LogP contribution in [0, 0.1) is 5.92 Å². The molecule has 2 rings (SSSR count). The van der Waals surface area contributed by atoms with Gasteiger partial charge in [-0.15, -0.1) is 24.0 Å². The Kier molecular flexibility index (Phi) is 11.1. The third kappa shape index (κ3) is 7.48. The first-order valence-corrected chi connectivity index (χ1v) is 9.92. The monoisotopic (exact) mass is 552 g/mol. The predicted octanol–water partition coefficient (Wildman–Crippen LogP) is 3.39. The lowest BCUT2D eigenvalue weighted by molar-refractivity contribution is -0.121. The summed E-state index contributed by atoms with van der Waals surface area (Å²) in [5, 5.41) is 6.10. The first-order valence-electron chi connectivity index (χ1n) is 9.13. The predicted molar refractivity (Wildman–Crippen MR) is 124 cm³/mol. The molecule has 0 spiro atoms. The van der Waals surface area contributed by atoms with Crippen LogP contribution in [-0.4, -0.2) is 50.6 Å². The molecule has 0 atom stereocenters. The van der Waals surface area contributed by atoms with Gasteiger partial charge in [-0.3, -0.25) is 4.79 Å². The normalized spacial score (nSPS) is 15.1. The molecule has 1 aromatic carbocycles. The second-order valence-electron chi connectivity index (χ2n) is 6.45. The third-order valence-corrected chi connectivity index (χ3v) is 5.25. The number of benzene rings is 1. The number of hydrogen-bond acceptors (Lipinski definition) is 3. The van der Waals surface area contributed by atoms with Gasteiger partial charge in [0.1, 0.15) is 5.75 Å². The second-order valence-corrected chi connectivity index (χ2v) is 7.30. The highest BCUT2D eigenvalue weighted by Gasteiger charge is 2.23. The van der Waals surface area contributed by atoms with E-state index in [2.05, 4.69) is 38.4 Å². The number of guanidine groups is 1. The topological polar surface area (TPSA) is 66.0 Å². The fraction of sp³-hybridized carbons (Fsp3) is 0.579. The molecule has 8 heteroatoms. The molecule has 1 aromatic rings. The van der Waals surface area contributed by atoms with E-state index < -0.39 is 0 Å². The van der Waals surface area contributed by atoms with Gasteiger partial charge in [-0.25, -0.2) is 4.99 Å². The number of aliphatic imine (C=N–C) groups is 1. The molecule has 6 nitrogen and oxygen atoms in total. The Bertz CT molecular complexity index is 634. The van der Waals surface area contributed by atoms with E-state index >= 15 is 0 Å². The number of nitrogens with one attached hydrogen (secondary N) is 2. The quantitative estimate of drug-likeness (QED) is 0.322. The number of piperidine rings is 1. The Labute approximate surface area is 187 Å². The lowest BCUT2D eigenvalue weighted by Gasteiger charge is -2.34. The zero-order valence-electron chi connectivity index (χ0n) is 16.3. The summed E-state index contributed by atoms with van der Waals surface area (Å²) in [6.45, 7) is 5.39. The van der Waals surface area contributed by atoms with Gasteiger partial charge in [0.25, 0.3) is 0 Å². The molecule has 27 heavy (non-hydrogen) atoms. The van der Waals surface area contributed by atoms with Crippen LogP contribution in [0.2, 0.25) is 0 Å². The number of carbonyl (C=O) groups excluding carboxylic acids is 1. The molecule has 1 heterocycles. The van der Waals surface area contributed by atoms with Crippen LogP contribution in [0.3, 0.4) is 0 Å². The lowest BCUT2D eigenvalue weighted by Crippen LogP contribution is -2.46. The highest BCUT2D eigenvalue weighted by Crippen LogP contribution is 2.26. The molecule has 1 aliphatic rings. The van der Waals surface area contributed by atoms with E-state index in [4.69, 9.17) is 9.73 Å². The van der Waals surface area contributed by atoms with Crippen molar-refractivity contribution in [3.63, 3.8) is 0 Å². The van der Waals surface area contributed by atoms with E-state index in [1.165, 1.54) is 0 Å². The first kappa shape index (κ1) is 24.0. The Morgan fingerprint density at radius 3 is 2.63 bits per heavy atom. The van der Waals surface area contributed by atoms with Crippen LogP contribution < -0.4 is 15.4 Å². The van der Waals surface area contributed by atoms with Gasteiger partial charge in [-0.1, -0.05) is 6.07 Å². The summed E-state index contributed by atoms with van der Waals surface area (Å²) in [4.78, 5) is 18.6. The zero-order chi connectivity index (χ0) is 18.9. The number of amides is 1. The van der Waals surface area contributed by atoms with Gasteiger partial charge in [0.2, 0.25) is 5.91 Å². The largest absolute Gasteiger partial charge is 0.496 e. The van der Waals surface area contributed by atoms with Crippen LogP contribution in [0.1, 0.15) is 31.7 Å². The summed E-state index contributed by atoms with van der Waals surface area (Å²) in [5.74, 6) is 2.36. The Hall–Kier alpha value is -1.03. The Morgan fingerprint density at radius 1 is 1.37 bits per heavy atom. The smallest absolute Gasteiger partial charge is 0.220 e. The SMILES string of the molecule is CCNC(=NCc1ccc(OC)c(Br)c1)N1CCC(CC(=O)NC)CC1.I. The van der Waals surface area contributed by atoms with Crippen molar-refractivity contribution in [1.29, 1.82) is 0 Å². The number of hydrogen-bond donors (Lipinski definition) is 2. The van der Waals surface area contributed by atoms with Crippen molar-refractivity contribution in [2.45, 2.75) is 32.7 Å². The summed E-state index contributed by atoms with van der Waals surface area (Å²) < 4.78 is 6.21. The molecule has 1 saturated heterocycles. The zero-order valence-corrected chi connectivity index (χ0v) is 20.2. The van der Waals surface area contributed by atoms with Gasteiger partial charge < -0.3 is 20.3 Å². The average molecular weight is 553 g/mol. The van der Waals surface area contributed by atoms with Crippen LogP contribution in [-0.2, 0) is 11.3 Å². The number of ether oxygens (including phenoxy) is 1. The first-order chi connectivity index (χ1) is 12.6. The molecule has 1 fully saturated rings. The molecular formula is C19H30BrIN4O2. The van der Waals surface area contributed by atoms with E-state index in [-0.39, 0.29) is 29.9 Å². The van der Waals surface area contributed by atoms with Crippen LogP contribution in [0.5, 0.6) is 5.75 Å². The molecule has 1 amide bonds. The molecule has 0 aliphatic carbocycles. The number of methoxy groups -OCH3 is 1. The van der Waals surface area contributed by atoms with Gasteiger partial charge >= 0.3 is 0 Å². The van der Waals surface area contributed by atoms with Gasteiger partial charge in [-0.2, -0.15) is 0 Å². The van der Waals surface area contributed by atoms with Gasteiger partial charge in [-0.05, 0) is 59.3 Å². The van der Waals surface area contributed by atoms with E-state index in [0.717, 1.165) is 54.2 Å². The number of rotatable bonds is 6. The van der Waals surface area contributed by atoms with Crippen molar-refractivity contribution in [3.8, 4) is 5.75 Å². The third-order valence-electron chi connectivity index (χ3n) is 4.63. The van der Waals surface area contributed by atoms with Gasteiger partial charge in [0.15, 0.2) is 5.96 Å². The average Bonchev–Trinajstić information content (AvgIpc) is 2.66. The minimum absolute atomic E-state index is 0. The van der Waals surface area contributed by atoms with E-state index in [1.54, 1.807) is 14.2 Å². The van der Waals surface area contributed by atoms with Crippen LogP contribution in [0.25, 0.3) is 0 Å². The van der Waals surface area contributed by atoms with Crippen molar-refractivity contribution >= 4 is 51.8 Å². The standard InChI is InChI=1S/C19H29BrN4O2.HI/c1-4-22-19(23-13-15-5-6-17(26-3)16(20)11-15)24-9-7-14(8-10-24)12-18(25)21-2;/h5-6,11,14H,4,7-10,12-13H2,1-3H3,(H,21,25)(H,22,23);1H. The molecule has 0 aromatic heterocycles. The fourth-order valence-corrected chi connectivity index (χ4v) is 3.70. The van der Waals surface area contributed by atoms with Crippen molar-refractivity contribution in [3.05, 3.63) is 28.2 Å². The fourth-order valence-electron chi connectivity index (χ4n) is 3.11. The molecule has 1 aliphatic heterocycles. The molecule has 0 radical (unpaired) electrons. The number of likely N-dealkylation sites (tertiary alicyclic amines) is 1. The maximum atomic E-state index is 11.6. The maximum absolute atomic E-state index is 11.6. The molecule has 2 N–H and O–H groups in total. The summed E-state index contributed by atoms with van der Waals surface area (Å²) >= 11 is 3.52. The van der Waals surface area contributed by atoms with E-state index in [1.807, 2.05) is 18.2 Å². The minimum atomic E-state index is 0. The van der Waals surface area contributed by atoms with Crippen LogP contribution >= 0.6 is 39.9 Å². The van der Waals surface area contributed by atoms with Gasteiger partial charge in [0, 0.05) is 33.1 Å². The van der Waals surface area contributed by atoms with E-state index in [9.17, 15) is 4.79 Å². The molecule has 0 unspecified atom stereocenters. The van der Waals surface area contributed by atoms with Crippen molar-refractivity contribution in [2.75, 3.05) is 33.8 Å². The number of halogens is 2. The molecule has 152 valence electrons. The number of carbonyl (C=O) groups is 1. The summed E-state index contributed by atoms with van der Waals surface area (Å²) in [7, 11) is 3.36.